The summed E-state index contributed by atoms with van der Waals surface area (Å²) in [5.41, 5.74) is 0.143. The number of nitrogens with zero attached hydrogens (tertiary/aromatic N) is 1. The number of carbonyl (C=O) groups excluding carboxylic acids is 1. The summed E-state index contributed by atoms with van der Waals surface area (Å²) in [5.74, 6) is -0.00774. The van der Waals surface area contributed by atoms with E-state index in [1.54, 1.807) is 23.9 Å². The normalized spacial score (nSPS) is 22.0. The van der Waals surface area contributed by atoms with Crippen molar-refractivity contribution in [2.75, 3.05) is 32.1 Å². The summed E-state index contributed by atoms with van der Waals surface area (Å²) in [4.78, 5) is 24.1. The molecule has 1 unspecified atom stereocenters. The number of methoxy groups -OCH3 is 1. The number of amides is 1. The predicted octanol–water partition coefficient (Wildman–Crippen LogP) is 0.823. The number of nitrogens with one attached hydrogen (secondary N) is 2. The van der Waals surface area contributed by atoms with E-state index in [1.165, 1.54) is 6.07 Å². The molecular formula is C15H23N3O3. The lowest BCUT2D eigenvalue weighted by atomic mass is 9.82. The van der Waals surface area contributed by atoms with Crippen LogP contribution >= 0.6 is 0 Å². The Morgan fingerprint density at radius 1 is 1.52 bits per heavy atom. The van der Waals surface area contributed by atoms with Gasteiger partial charge in [0.1, 0.15) is 0 Å². The molecule has 0 aromatic carbocycles. The van der Waals surface area contributed by atoms with Gasteiger partial charge in [-0.2, -0.15) is 0 Å². The van der Waals surface area contributed by atoms with Crippen molar-refractivity contribution in [3.05, 3.63) is 28.7 Å². The second kappa shape index (κ2) is 6.87. The van der Waals surface area contributed by atoms with Crippen LogP contribution in [0.15, 0.2) is 23.1 Å². The topological polar surface area (TPSA) is 72.4 Å². The third kappa shape index (κ3) is 3.92. The Kier molecular flexibility index (Phi) is 5.14. The van der Waals surface area contributed by atoms with E-state index in [2.05, 4.69) is 10.6 Å². The number of ether oxygens (including phenoxy) is 1. The molecule has 6 nitrogen and oxygen atoms in total. The minimum absolute atomic E-state index is 0.00774. The van der Waals surface area contributed by atoms with Gasteiger partial charge in [-0.05, 0) is 32.4 Å². The highest BCUT2D eigenvalue weighted by Crippen LogP contribution is 2.27. The molecule has 2 rings (SSSR count). The molecule has 0 spiro atoms. The highest BCUT2D eigenvalue weighted by molar-refractivity contribution is 5.95. The van der Waals surface area contributed by atoms with Crippen LogP contribution in [0.2, 0.25) is 0 Å². The van der Waals surface area contributed by atoms with Crippen LogP contribution < -0.4 is 16.2 Å². The molecule has 1 aromatic rings. The third-order valence-electron chi connectivity index (χ3n) is 3.92. The number of hydrogen-bond donors (Lipinski definition) is 2. The van der Waals surface area contributed by atoms with Crippen molar-refractivity contribution in [1.29, 1.82) is 0 Å². The molecule has 1 atom stereocenters. The molecule has 21 heavy (non-hydrogen) atoms. The van der Waals surface area contributed by atoms with E-state index in [1.807, 2.05) is 6.92 Å². The number of rotatable bonds is 5. The number of hydrogen-bond acceptors (Lipinski definition) is 4. The average Bonchev–Trinajstić information content (AvgIpc) is 2.48. The van der Waals surface area contributed by atoms with Gasteiger partial charge >= 0.3 is 0 Å². The van der Waals surface area contributed by atoms with Gasteiger partial charge in [0.15, 0.2) is 0 Å². The van der Waals surface area contributed by atoms with Gasteiger partial charge in [-0.15, -0.1) is 0 Å². The lowest BCUT2D eigenvalue weighted by Crippen LogP contribution is -2.46. The van der Waals surface area contributed by atoms with Crippen LogP contribution in [-0.2, 0) is 16.1 Å². The molecule has 6 heteroatoms. The summed E-state index contributed by atoms with van der Waals surface area (Å²) < 4.78 is 6.52. The van der Waals surface area contributed by atoms with E-state index in [0.29, 0.717) is 25.4 Å². The van der Waals surface area contributed by atoms with Crippen LogP contribution in [0.1, 0.15) is 19.8 Å². The van der Waals surface area contributed by atoms with Crippen molar-refractivity contribution in [2.24, 2.45) is 5.41 Å². The van der Waals surface area contributed by atoms with E-state index < -0.39 is 5.41 Å². The number of anilines is 1. The summed E-state index contributed by atoms with van der Waals surface area (Å²) in [6.45, 7) is 4.54. The molecule has 0 aliphatic carbocycles. The molecule has 2 heterocycles. The fraction of sp³-hybridized carbons (Fsp3) is 0.600. The van der Waals surface area contributed by atoms with Gasteiger partial charge in [0.25, 0.3) is 5.56 Å². The van der Waals surface area contributed by atoms with Crippen molar-refractivity contribution in [2.45, 2.75) is 26.3 Å². The van der Waals surface area contributed by atoms with Crippen molar-refractivity contribution in [3.63, 3.8) is 0 Å². The second-order valence-electron chi connectivity index (χ2n) is 5.74. The molecule has 1 saturated heterocycles. The molecule has 1 fully saturated rings. The largest absolute Gasteiger partial charge is 0.383 e. The van der Waals surface area contributed by atoms with Crippen LogP contribution in [0.25, 0.3) is 0 Å². The molecule has 2 N–H and O–H groups in total. The fourth-order valence-corrected chi connectivity index (χ4v) is 2.50. The Hall–Kier alpha value is -1.66. The Labute approximate surface area is 124 Å². The third-order valence-corrected chi connectivity index (χ3v) is 3.92. The highest BCUT2D eigenvalue weighted by Gasteiger charge is 2.34. The number of pyridine rings is 1. The zero-order chi connectivity index (χ0) is 15.3. The van der Waals surface area contributed by atoms with Crippen LogP contribution in [-0.4, -0.2) is 37.3 Å². The maximum Gasteiger partial charge on any atom is 0.250 e. The lowest BCUT2D eigenvalue weighted by molar-refractivity contribution is -0.125. The maximum atomic E-state index is 12.4. The van der Waals surface area contributed by atoms with Crippen molar-refractivity contribution >= 4 is 11.6 Å². The zero-order valence-electron chi connectivity index (χ0n) is 12.6. The minimum atomic E-state index is -0.397. The Bertz CT molecular complexity index is 547. The van der Waals surface area contributed by atoms with Crippen molar-refractivity contribution < 1.29 is 9.53 Å². The standard InChI is InChI=1S/C15H23N3O3/c1-15(6-3-7-16-11-15)14(20)17-12-4-5-13(19)18(10-12)8-9-21-2/h4-5,10,16H,3,6-9,11H2,1-2H3,(H,17,20). The first-order valence-electron chi connectivity index (χ1n) is 7.27. The van der Waals surface area contributed by atoms with Gasteiger partial charge in [0.2, 0.25) is 5.91 Å². The van der Waals surface area contributed by atoms with Gasteiger partial charge in [-0.3, -0.25) is 9.59 Å². The molecule has 1 aliphatic heterocycles. The average molecular weight is 293 g/mol. The first-order valence-corrected chi connectivity index (χ1v) is 7.27. The zero-order valence-corrected chi connectivity index (χ0v) is 12.6. The van der Waals surface area contributed by atoms with Crippen molar-refractivity contribution in [3.8, 4) is 0 Å². The summed E-state index contributed by atoms with van der Waals surface area (Å²) >= 11 is 0. The summed E-state index contributed by atoms with van der Waals surface area (Å²) in [6.07, 6.45) is 3.53. The van der Waals surface area contributed by atoms with Gasteiger partial charge in [-0.25, -0.2) is 0 Å². The number of aromatic nitrogens is 1. The van der Waals surface area contributed by atoms with E-state index in [-0.39, 0.29) is 11.5 Å². The minimum Gasteiger partial charge on any atom is -0.383 e. The van der Waals surface area contributed by atoms with Gasteiger partial charge in [0, 0.05) is 32.5 Å². The van der Waals surface area contributed by atoms with Gasteiger partial charge < -0.3 is 19.9 Å². The van der Waals surface area contributed by atoms with E-state index >= 15 is 0 Å². The molecule has 0 radical (unpaired) electrons. The Morgan fingerprint density at radius 3 is 3.00 bits per heavy atom. The first kappa shape index (κ1) is 15.7. The predicted molar refractivity (Wildman–Crippen MR) is 81.4 cm³/mol. The molecule has 0 saturated carbocycles. The summed E-state index contributed by atoms with van der Waals surface area (Å²) in [7, 11) is 1.59. The lowest BCUT2D eigenvalue weighted by Gasteiger charge is -2.32. The number of piperidine rings is 1. The van der Waals surface area contributed by atoms with Gasteiger partial charge in [-0.1, -0.05) is 0 Å². The van der Waals surface area contributed by atoms with E-state index in [4.69, 9.17) is 4.74 Å². The molecule has 116 valence electrons. The second-order valence-corrected chi connectivity index (χ2v) is 5.74. The quantitative estimate of drug-likeness (QED) is 0.843. The molecule has 0 bridgehead atoms. The van der Waals surface area contributed by atoms with Gasteiger partial charge in [0.05, 0.1) is 17.7 Å². The molecule has 1 aromatic heterocycles. The molecular weight excluding hydrogens is 270 g/mol. The molecule has 1 amide bonds. The fourth-order valence-electron chi connectivity index (χ4n) is 2.50. The van der Waals surface area contributed by atoms with E-state index in [0.717, 1.165) is 19.4 Å². The molecule has 1 aliphatic rings. The Morgan fingerprint density at radius 2 is 2.33 bits per heavy atom. The SMILES string of the molecule is COCCn1cc(NC(=O)C2(C)CCCNC2)ccc1=O. The maximum absolute atomic E-state index is 12.4. The van der Waals surface area contributed by atoms with E-state index in [9.17, 15) is 9.59 Å². The monoisotopic (exact) mass is 293 g/mol. The van der Waals surface area contributed by atoms with Crippen LogP contribution in [0.4, 0.5) is 5.69 Å². The van der Waals surface area contributed by atoms with Crippen LogP contribution in [0.3, 0.4) is 0 Å². The number of carbonyl (C=O) groups is 1. The first-order chi connectivity index (χ1) is 10.0. The summed E-state index contributed by atoms with van der Waals surface area (Å²) in [6, 6.07) is 3.11. The Balaban J connectivity index is 2.08. The van der Waals surface area contributed by atoms with Crippen molar-refractivity contribution in [1.82, 2.24) is 9.88 Å². The van der Waals surface area contributed by atoms with Crippen LogP contribution in [0, 0.1) is 5.41 Å². The smallest absolute Gasteiger partial charge is 0.250 e. The summed E-state index contributed by atoms with van der Waals surface area (Å²) in [5, 5.41) is 6.17. The van der Waals surface area contributed by atoms with Crippen LogP contribution in [0.5, 0.6) is 0 Å². The highest BCUT2D eigenvalue weighted by atomic mass is 16.5.